The fraction of sp³-hybridized carbons (Fsp3) is 0.115. The summed E-state index contributed by atoms with van der Waals surface area (Å²) in [5.41, 5.74) is 5.41. The van der Waals surface area contributed by atoms with Gasteiger partial charge in [0, 0.05) is 11.1 Å². The van der Waals surface area contributed by atoms with Crippen molar-refractivity contribution in [2.45, 2.75) is 19.5 Å². The Morgan fingerprint density at radius 3 is 2.22 bits per heavy atom. The van der Waals surface area contributed by atoms with Crippen molar-refractivity contribution in [2.75, 3.05) is 5.32 Å². The third-order valence-electron chi connectivity index (χ3n) is 5.69. The van der Waals surface area contributed by atoms with E-state index >= 15 is 0 Å². The molecule has 6 nitrogen and oxygen atoms in total. The number of nitrogens with one attached hydrogen (secondary N) is 2. The summed E-state index contributed by atoms with van der Waals surface area (Å²) in [6.07, 6.45) is 0.355. The van der Waals surface area contributed by atoms with Gasteiger partial charge >= 0.3 is 0 Å². The molecule has 6 heteroatoms. The molecule has 4 aromatic rings. The Morgan fingerprint density at radius 2 is 1.50 bits per heavy atom. The maximum atomic E-state index is 12.8. The molecule has 0 spiro atoms. The highest BCUT2D eigenvalue weighted by Gasteiger charge is 2.28. The molecule has 0 saturated heterocycles. The lowest BCUT2D eigenvalue weighted by Gasteiger charge is -2.16. The highest BCUT2D eigenvalue weighted by atomic mass is 16.2. The molecule has 0 bridgehead atoms. The number of aromatic nitrogens is 2. The largest absolute Gasteiger partial charge is 0.332 e. The first-order valence-electron chi connectivity index (χ1n) is 10.5. The number of amides is 2. The number of hydrogen-bond donors (Lipinski definition) is 2. The van der Waals surface area contributed by atoms with E-state index in [9.17, 15) is 9.59 Å². The minimum atomic E-state index is -0.229. The van der Waals surface area contributed by atoms with Crippen molar-refractivity contribution in [2.24, 2.45) is 0 Å². The van der Waals surface area contributed by atoms with Gasteiger partial charge in [-0.15, -0.1) is 0 Å². The predicted octanol–water partition coefficient (Wildman–Crippen LogP) is 4.41. The van der Waals surface area contributed by atoms with E-state index < -0.39 is 0 Å². The molecule has 0 unspecified atom stereocenters. The number of hydrogen-bond acceptors (Lipinski definition) is 3. The standard InChI is InChI=1S/C26H22N4O2/c31-24(15-18-7-3-1-4-8-18)30-16-22-23(17-30)28-29-25(22)27-26(32)21-13-11-20(12-14-21)19-9-5-2-6-10-19/h1-14H,15-17H2,(H2,27,28,29,32). The average molecular weight is 422 g/mol. The number of H-pyrrole nitrogens is 1. The molecule has 1 aliphatic rings. The summed E-state index contributed by atoms with van der Waals surface area (Å²) in [5.74, 6) is 0.301. The lowest BCUT2D eigenvalue weighted by molar-refractivity contribution is -0.131. The van der Waals surface area contributed by atoms with E-state index in [0.717, 1.165) is 27.9 Å². The summed E-state index contributed by atoms with van der Waals surface area (Å²) in [7, 11) is 0. The zero-order chi connectivity index (χ0) is 21.9. The molecule has 3 aromatic carbocycles. The molecule has 158 valence electrons. The van der Waals surface area contributed by atoms with Gasteiger partial charge in [0.2, 0.25) is 5.91 Å². The monoisotopic (exact) mass is 422 g/mol. The Labute approximate surface area is 185 Å². The van der Waals surface area contributed by atoms with Gasteiger partial charge in [0.15, 0.2) is 5.82 Å². The highest BCUT2D eigenvalue weighted by Crippen LogP contribution is 2.28. The van der Waals surface area contributed by atoms with E-state index in [1.807, 2.05) is 72.8 Å². The van der Waals surface area contributed by atoms with Crippen molar-refractivity contribution < 1.29 is 9.59 Å². The Morgan fingerprint density at radius 1 is 0.844 bits per heavy atom. The summed E-state index contributed by atoms with van der Waals surface area (Å²) in [6.45, 7) is 0.899. The van der Waals surface area contributed by atoms with Crippen molar-refractivity contribution in [3.63, 3.8) is 0 Å². The number of carbonyl (C=O) groups is 2. The predicted molar refractivity (Wildman–Crippen MR) is 123 cm³/mol. The molecule has 2 heterocycles. The molecule has 0 saturated carbocycles. The first kappa shape index (κ1) is 19.8. The molecule has 2 amide bonds. The molecule has 0 aliphatic carbocycles. The summed E-state index contributed by atoms with van der Waals surface area (Å²) in [4.78, 5) is 27.2. The van der Waals surface area contributed by atoms with Gasteiger partial charge < -0.3 is 10.2 Å². The highest BCUT2D eigenvalue weighted by molar-refractivity contribution is 6.04. The quantitative estimate of drug-likeness (QED) is 0.500. The maximum Gasteiger partial charge on any atom is 0.256 e. The zero-order valence-corrected chi connectivity index (χ0v) is 17.4. The Balaban J connectivity index is 1.25. The van der Waals surface area contributed by atoms with Crippen LogP contribution in [0.2, 0.25) is 0 Å². The van der Waals surface area contributed by atoms with Crippen LogP contribution in [0.15, 0.2) is 84.9 Å². The van der Waals surface area contributed by atoms with E-state index in [1.54, 1.807) is 17.0 Å². The minimum absolute atomic E-state index is 0.0505. The number of anilines is 1. The smallest absolute Gasteiger partial charge is 0.256 e. The van der Waals surface area contributed by atoms with Crippen molar-refractivity contribution in [1.29, 1.82) is 0 Å². The second kappa shape index (κ2) is 8.51. The first-order valence-corrected chi connectivity index (χ1v) is 10.5. The van der Waals surface area contributed by atoms with Gasteiger partial charge in [-0.2, -0.15) is 5.10 Å². The molecule has 32 heavy (non-hydrogen) atoms. The van der Waals surface area contributed by atoms with Crippen molar-refractivity contribution in [3.8, 4) is 11.1 Å². The molecule has 1 aliphatic heterocycles. The topological polar surface area (TPSA) is 78.1 Å². The molecule has 5 rings (SSSR count). The van der Waals surface area contributed by atoms with Gasteiger partial charge in [-0.3, -0.25) is 14.7 Å². The zero-order valence-electron chi connectivity index (χ0n) is 17.4. The third-order valence-corrected chi connectivity index (χ3v) is 5.69. The number of nitrogens with zero attached hydrogens (tertiary/aromatic N) is 2. The van der Waals surface area contributed by atoms with Gasteiger partial charge in [0.05, 0.1) is 25.2 Å². The molecule has 0 atom stereocenters. The number of aromatic amines is 1. The van der Waals surface area contributed by atoms with Crippen LogP contribution in [0.25, 0.3) is 11.1 Å². The van der Waals surface area contributed by atoms with Crippen LogP contribution in [0.4, 0.5) is 5.82 Å². The molecular weight excluding hydrogens is 400 g/mol. The van der Waals surface area contributed by atoms with Crippen LogP contribution in [0, 0.1) is 0 Å². The van der Waals surface area contributed by atoms with E-state index in [2.05, 4.69) is 15.5 Å². The minimum Gasteiger partial charge on any atom is -0.332 e. The van der Waals surface area contributed by atoms with Crippen LogP contribution < -0.4 is 5.32 Å². The van der Waals surface area contributed by atoms with E-state index in [4.69, 9.17) is 0 Å². The van der Waals surface area contributed by atoms with Crippen molar-refractivity contribution >= 4 is 17.6 Å². The fourth-order valence-corrected chi connectivity index (χ4v) is 3.93. The summed E-state index contributed by atoms with van der Waals surface area (Å²) in [6, 6.07) is 27.2. The fourth-order valence-electron chi connectivity index (χ4n) is 3.93. The van der Waals surface area contributed by atoms with Gasteiger partial charge in [-0.1, -0.05) is 72.8 Å². The van der Waals surface area contributed by atoms with E-state index in [0.29, 0.717) is 30.9 Å². The average Bonchev–Trinajstić information content (AvgIpc) is 3.42. The third kappa shape index (κ3) is 4.03. The van der Waals surface area contributed by atoms with Crippen LogP contribution in [0.3, 0.4) is 0 Å². The second-order valence-corrected chi connectivity index (χ2v) is 7.84. The number of benzene rings is 3. The summed E-state index contributed by atoms with van der Waals surface area (Å²) >= 11 is 0. The SMILES string of the molecule is O=C(Nc1n[nH]c2c1CN(C(=O)Cc1ccccc1)C2)c1ccc(-c2ccccc2)cc1. The van der Waals surface area contributed by atoms with Crippen molar-refractivity contribution in [3.05, 3.63) is 107 Å². The van der Waals surface area contributed by atoms with Crippen molar-refractivity contribution in [1.82, 2.24) is 15.1 Å². The van der Waals surface area contributed by atoms with Gasteiger partial charge in [-0.05, 0) is 28.8 Å². The Kier molecular flexibility index (Phi) is 5.25. The van der Waals surface area contributed by atoms with Crippen LogP contribution in [-0.2, 0) is 24.3 Å². The molecule has 1 aromatic heterocycles. The molecular formula is C26H22N4O2. The van der Waals surface area contributed by atoms with Crippen LogP contribution in [0.1, 0.15) is 27.2 Å². The van der Waals surface area contributed by atoms with E-state index in [-0.39, 0.29) is 11.8 Å². The maximum absolute atomic E-state index is 12.8. The van der Waals surface area contributed by atoms with Crippen LogP contribution in [0.5, 0.6) is 0 Å². The molecule has 2 N–H and O–H groups in total. The normalized spacial score (nSPS) is 12.4. The number of rotatable bonds is 5. The molecule has 0 radical (unpaired) electrons. The first-order chi connectivity index (χ1) is 15.7. The Bertz CT molecular complexity index is 1250. The summed E-state index contributed by atoms with van der Waals surface area (Å²) < 4.78 is 0. The second-order valence-electron chi connectivity index (χ2n) is 7.84. The summed E-state index contributed by atoms with van der Waals surface area (Å²) in [5, 5.41) is 10.1. The van der Waals surface area contributed by atoms with Gasteiger partial charge in [0.25, 0.3) is 5.91 Å². The van der Waals surface area contributed by atoms with Crippen LogP contribution >= 0.6 is 0 Å². The Hall–Kier alpha value is -4.19. The van der Waals surface area contributed by atoms with Gasteiger partial charge in [0.1, 0.15) is 0 Å². The van der Waals surface area contributed by atoms with Crippen LogP contribution in [-0.4, -0.2) is 26.9 Å². The number of fused-ring (bicyclic) bond motifs is 1. The number of carbonyl (C=O) groups excluding carboxylic acids is 2. The lowest BCUT2D eigenvalue weighted by atomic mass is 10.0. The lowest BCUT2D eigenvalue weighted by Crippen LogP contribution is -2.27. The van der Waals surface area contributed by atoms with Gasteiger partial charge in [-0.25, -0.2) is 0 Å². The molecule has 0 fully saturated rings. The van der Waals surface area contributed by atoms with E-state index in [1.165, 1.54) is 0 Å².